The molecule has 10 heteroatoms. The lowest BCUT2D eigenvalue weighted by molar-refractivity contribution is -0.0523. The summed E-state index contributed by atoms with van der Waals surface area (Å²) in [6, 6.07) is 0. The molecule has 0 aromatic rings. The molecule has 0 N–H and O–H groups in total. The molecule has 1 aliphatic carbocycles. The first kappa shape index (κ1) is 21.6. The number of fused-ring (bicyclic) bond motifs is 1. The summed E-state index contributed by atoms with van der Waals surface area (Å²) in [4.78, 5) is 13.4. The van der Waals surface area contributed by atoms with Crippen molar-refractivity contribution in [1.29, 1.82) is 0 Å². The van der Waals surface area contributed by atoms with Crippen LogP contribution in [0.2, 0.25) is 0 Å². The van der Waals surface area contributed by atoms with Crippen molar-refractivity contribution < 1.29 is 35.3 Å². The summed E-state index contributed by atoms with van der Waals surface area (Å²) in [6.45, 7) is 9.74. The third kappa shape index (κ3) is 5.52. The molecule has 0 radical (unpaired) electrons. The van der Waals surface area contributed by atoms with Gasteiger partial charge >= 0.3 is 21.7 Å². The lowest BCUT2D eigenvalue weighted by atomic mass is 10.0. The molecule has 1 amide bonds. The van der Waals surface area contributed by atoms with E-state index in [-0.39, 0.29) is 37.1 Å². The quantitative estimate of drug-likeness (QED) is 0.534. The van der Waals surface area contributed by atoms with Crippen LogP contribution < -0.4 is 0 Å². The largest absolute Gasteiger partial charge is 0.534 e. The summed E-state index contributed by atoms with van der Waals surface area (Å²) in [7, 11) is -5.64. The van der Waals surface area contributed by atoms with Crippen LogP contribution in [0.15, 0.2) is 11.8 Å². The molecule has 0 saturated carbocycles. The molecule has 25 heavy (non-hydrogen) atoms. The second-order valence-electron chi connectivity index (χ2n) is 6.63. The maximum absolute atomic E-state index is 12.3. The van der Waals surface area contributed by atoms with E-state index in [9.17, 15) is 26.4 Å². The first-order valence-electron chi connectivity index (χ1n) is 7.98. The molecule has 146 valence electrons. The SMILES string of the molecule is CC.CC(C)(C)OC(=O)N1CC2C=C(OS(=O)(=O)C(F)(F)F)CC2C1. The minimum Gasteiger partial charge on any atom is -0.444 e. The van der Waals surface area contributed by atoms with Gasteiger partial charge < -0.3 is 13.8 Å². The number of likely N-dealkylation sites (tertiary alicyclic amines) is 1. The molecule has 0 spiro atoms. The van der Waals surface area contributed by atoms with Crippen LogP contribution in [0.4, 0.5) is 18.0 Å². The van der Waals surface area contributed by atoms with Crippen LogP contribution in [-0.2, 0) is 19.0 Å². The topological polar surface area (TPSA) is 72.9 Å². The molecule has 0 bridgehead atoms. The second-order valence-corrected chi connectivity index (χ2v) is 8.17. The van der Waals surface area contributed by atoms with Gasteiger partial charge in [0.05, 0.1) is 0 Å². The first-order chi connectivity index (χ1) is 11.3. The van der Waals surface area contributed by atoms with Gasteiger partial charge in [0.1, 0.15) is 11.4 Å². The summed E-state index contributed by atoms with van der Waals surface area (Å²) < 4.78 is 68.2. The van der Waals surface area contributed by atoms with E-state index < -0.39 is 27.3 Å². The fourth-order valence-corrected chi connectivity index (χ4v) is 3.09. The summed E-state index contributed by atoms with van der Waals surface area (Å²) in [5, 5.41) is 0. The molecule has 1 fully saturated rings. The number of carbonyl (C=O) groups excluding carboxylic acids is 1. The molecule has 0 aromatic carbocycles. The van der Waals surface area contributed by atoms with E-state index in [0.717, 1.165) is 0 Å². The normalized spacial score (nSPS) is 23.4. The number of hydrogen-bond acceptors (Lipinski definition) is 5. The van der Waals surface area contributed by atoms with Crippen molar-refractivity contribution in [2.24, 2.45) is 11.8 Å². The number of rotatable bonds is 2. The molecule has 6 nitrogen and oxygen atoms in total. The van der Waals surface area contributed by atoms with E-state index in [0.29, 0.717) is 0 Å². The molecular formula is C15H24F3NO5S. The van der Waals surface area contributed by atoms with E-state index in [1.165, 1.54) is 11.0 Å². The molecule has 0 aromatic heterocycles. The van der Waals surface area contributed by atoms with E-state index in [4.69, 9.17) is 4.74 Å². The van der Waals surface area contributed by atoms with Gasteiger partial charge in [0.15, 0.2) is 0 Å². The van der Waals surface area contributed by atoms with Crippen molar-refractivity contribution in [2.45, 2.75) is 52.1 Å². The van der Waals surface area contributed by atoms with Crippen LogP contribution in [0.3, 0.4) is 0 Å². The van der Waals surface area contributed by atoms with Gasteiger partial charge in [0, 0.05) is 25.4 Å². The van der Waals surface area contributed by atoms with Crippen molar-refractivity contribution in [1.82, 2.24) is 4.90 Å². The number of hydrogen-bond donors (Lipinski definition) is 0. The average molecular weight is 387 g/mol. The van der Waals surface area contributed by atoms with Gasteiger partial charge in [-0.1, -0.05) is 13.8 Å². The van der Waals surface area contributed by atoms with Crippen molar-refractivity contribution in [2.75, 3.05) is 13.1 Å². The Morgan fingerprint density at radius 3 is 2.20 bits per heavy atom. The molecule has 2 unspecified atom stereocenters. The van der Waals surface area contributed by atoms with E-state index in [1.807, 2.05) is 13.8 Å². The monoisotopic (exact) mass is 387 g/mol. The van der Waals surface area contributed by atoms with Crippen molar-refractivity contribution in [3.05, 3.63) is 11.8 Å². The fraction of sp³-hybridized carbons (Fsp3) is 0.800. The van der Waals surface area contributed by atoms with Crippen LogP contribution in [0, 0.1) is 11.8 Å². The van der Waals surface area contributed by atoms with Crippen molar-refractivity contribution in [3.8, 4) is 0 Å². The second kappa shape index (κ2) is 7.43. The highest BCUT2D eigenvalue weighted by Gasteiger charge is 2.50. The summed E-state index contributed by atoms with van der Waals surface area (Å²) in [5.41, 5.74) is -6.09. The summed E-state index contributed by atoms with van der Waals surface area (Å²) in [6.07, 6.45) is 0.892. The number of alkyl halides is 3. The maximum Gasteiger partial charge on any atom is 0.534 e. The molecule has 2 rings (SSSR count). The fourth-order valence-electron chi connectivity index (χ4n) is 2.59. The van der Waals surface area contributed by atoms with Crippen LogP contribution in [0.25, 0.3) is 0 Å². The summed E-state index contributed by atoms with van der Waals surface area (Å²) >= 11 is 0. The number of allylic oxidation sites excluding steroid dienone is 1. The minimum atomic E-state index is -5.64. The number of nitrogens with zero attached hydrogens (tertiary/aromatic N) is 1. The zero-order valence-electron chi connectivity index (χ0n) is 14.9. The third-order valence-corrected chi connectivity index (χ3v) is 4.51. The molecule has 1 heterocycles. The number of halogens is 3. The molecular weight excluding hydrogens is 363 g/mol. The number of amides is 1. The lowest BCUT2D eigenvalue weighted by Gasteiger charge is -2.24. The highest BCUT2D eigenvalue weighted by atomic mass is 32.2. The Hall–Kier alpha value is -1.45. The smallest absolute Gasteiger partial charge is 0.444 e. The van der Waals surface area contributed by atoms with Gasteiger partial charge in [-0.2, -0.15) is 21.6 Å². The molecule has 1 aliphatic heterocycles. The van der Waals surface area contributed by atoms with Gasteiger partial charge in [-0.25, -0.2) is 4.79 Å². The van der Waals surface area contributed by atoms with Crippen molar-refractivity contribution in [3.63, 3.8) is 0 Å². The van der Waals surface area contributed by atoms with E-state index in [1.54, 1.807) is 20.8 Å². The zero-order chi connectivity index (χ0) is 19.6. The van der Waals surface area contributed by atoms with Gasteiger partial charge in [0.25, 0.3) is 0 Å². The summed E-state index contributed by atoms with van der Waals surface area (Å²) in [5.74, 6) is -0.622. The standard InChI is InChI=1S/C13H18F3NO5S.C2H6/c1-12(2,3)21-11(18)17-6-8-4-10(5-9(8)7-17)22-23(19,20)13(14,15)16;1-2/h4,8-9H,5-7H2,1-3H3;1-2H3. The van der Waals surface area contributed by atoms with E-state index in [2.05, 4.69) is 4.18 Å². The maximum atomic E-state index is 12.3. The average Bonchev–Trinajstić information content (AvgIpc) is 2.95. The minimum absolute atomic E-state index is 0.0409. The van der Waals surface area contributed by atoms with Gasteiger partial charge in [0.2, 0.25) is 0 Å². The predicted molar refractivity (Wildman–Crippen MR) is 84.9 cm³/mol. The number of carbonyl (C=O) groups is 1. The Kier molecular flexibility index (Phi) is 6.41. The first-order valence-corrected chi connectivity index (χ1v) is 9.39. The van der Waals surface area contributed by atoms with E-state index >= 15 is 0 Å². The Labute approximate surface area is 146 Å². The molecule has 2 atom stereocenters. The van der Waals surface area contributed by atoms with Crippen LogP contribution in [0.5, 0.6) is 0 Å². The Balaban J connectivity index is 0.00000151. The van der Waals surface area contributed by atoms with Gasteiger partial charge in [-0.3, -0.25) is 0 Å². The molecule has 2 aliphatic rings. The highest BCUT2D eigenvalue weighted by molar-refractivity contribution is 7.87. The van der Waals surface area contributed by atoms with Gasteiger partial charge in [-0.15, -0.1) is 0 Å². The Morgan fingerprint density at radius 1 is 1.20 bits per heavy atom. The third-order valence-electron chi connectivity index (χ3n) is 3.51. The Bertz CT molecular complexity index is 622. The van der Waals surface area contributed by atoms with Gasteiger partial charge in [-0.05, 0) is 32.8 Å². The van der Waals surface area contributed by atoms with Crippen LogP contribution >= 0.6 is 0 Å². The lowest BCUT2D eigenvalue weighted by Crippen LogP contribution is -2.35. The van der Waals surface area contributed by atoms with Crippen LogP contribution in [0.1, 0.15) is 41.0 Å². The predicted octanol–water partition coefficient (Wildman–Crippen LogP) is 3.65. The highest BCUT2D eigenvalue weighted by Crippen LogP contribution is 2.39. The zero-order valence-corrected chi connectivity index (χ0v) is 15.7. The molecule has 1 saturated heterocycles. The van der Waals surface area contributed by atoms with Crippen LogP contribution in [-0.4, -0.2) is 43.6 Å². The van der Waals surface area contributed by atoms with Crippen molar-refractivity contribution >= 4 is 16.2 Å². The Morgan fingerprint density at radius 2 is 1.76 bits per heavy atom. The number of ether oxygens (including phenoxy) is 1.